The molecule has 3 nitrogen and oxygen atoms in total. The van der Waals surface area contributed by atoms with Crippen molar-refractivity contribution in [2.45, 2.75) is 20.3 Å². The molecule has 0 saturated carbocycles. The van der Waals surface area contributed by atoms with E-state index < -0.39 is 0 Å². The molecule has 0 rings (SSSR count). The topological polar surface area (TPSA) is 30.5 Å². The van der Waals surface area contributed by atoms with E-state index in [0.29, 0.717) is 6.61 Å². The van der Waals surface area contributed by atoms with Crippen LogP contribution < -0.4 is 5.32 Å². The van der Waals surface area contributed by atoms with Crippen molar-refractivity contribution in [1.82, 2.24) is 5.32 Å². The fourth-order valence-corrected chi connectivity index (χ4v) is 0.959. The highest BCUT2D eigenvalue weighted by molar-refractivity contribution is 4.87. The van der Waals surface area contributed by atoms with Gasteiger partial charge in [-0.15, -0.1) is 0 Å². The molecule has 0 aliphatic carbocycles. The molecule has 0 aromatic heterocycles. The summed E-state index contributed by atoms with van der Waals surface area (Å²) in [6.45, 7) is 12.7. The van der Waals surface area contributed by atoms with Crippen LogP contribution in [0.3, 0.4) is 0 Å². The third kappa shape index (κ3) is 11.6. The molecular weight excluding hydrogens is 178 g/mol. The fourth-order valence-electron chi connectivity index (χ4n) is 0.959. The number of hydrogen-bond donors (Lipinski definition) is 1. The first-order valence-corrected chi connectivity index (χ1v) is 5.28. The maximum absolute atomic E-state index is 5.33. The first-order chi connectivity index (χ1) is 6.77. The largest absolute Gasteiger partial charge is 0.382 e. The van der Waals surface area contributed by atoms with Gasteiger partial charge in [0.15, 0.2) is 0 Å². The molecule has 0 atom stereocenters. The first kappa shape index (κ1) is 13.6. The molecule has 0 aromatic rings. The predicted molar refractivity (Wildman–Crippen MR) is 59.6 cm³/mol. The summed E-state index contributed by atoms with van der Waals surface area (Å²) in [5.41, 5.74) is 1.07. The van der Waals surface area contributed by atoms with Gasteiger partial charge in [-0.25, -0.2) is 0 Å². The van der Waals surface area contributed by atoms with E-state index in [1.807, 2.05) is 13.8 Å². The second kappa shape index (κ2) is 10.7. The van der Waals surface area contributed by atoms with Crippen molar-refractivity contribution in [3.63, 3.8) is 0 Å². The molecule has 14 heavy (non-hydrogen) atoms. The molecule has 0 aliphatic rings. The van der Waals surface area contributed by atoms with Gasteiger partial charge < -0.3 is 14.8 Å². The minimum absolute atomic E-state index is 0.667. The van der Waals surface area contributed by atoms with Crippen LogP contribution in [-0.2, 0) is 9.47 Å². The Morgan fingerprint density at radius 3 is 2.64 bits per heavy atom. The predicted octanol–water partition coefficient (Wildman–Crippen LogP) is 1.60. The summed E-state index contributed by atoms with van der Waals surface area (Å²) in [5.74, 6) is 0. The Kier molecular flexibility index (Phi) is 10.4. The van der Waals surface area contributed by atoms with E-state index in [2.05, 4.69) is 11.9 Å². The average molecular weight is 201 g/mol. The van der Waals surface area contributed by atoms with Crippen LogP contribution in [-0.4, -0.2) is 39.5 Å². The molecule has 0 radical (unpaired) electrons. The molecule has 0 aromatic carbocycles. The van der Waals surface area contributed by atoms with Gasteiger partial charge in [0.2, 0.25) is 0 Å². The highest BCUT2D eigenvalue weighted by Gasteiger charge is 1.90. The first-order valence-electron chi connectivity index (χ1n) is 5.28. The van der Waals surface area contributed by atoms with Crippen LogP contribution in [0.2, 0.25) is 0 Å². The summed E-state index contributed by atoms with van der Waals surface area (Å²) in [7, 11) is 0. The SMILES string of the molecule is C=C(C)COCCNCCCOCC. The summed E-state index contributed by atoms with van der Waals surface area (Å²) in [6.07, 6.45) is 1.06. The molecule has 0 fully saturated rings. The van der Waals surface area contributed by atoms with Crippen LogP contribution in [0.25, 0.3) is 0 Å². The molecule has 0 amide bonds. The Labute approximate surface area is 87.5 Å². The Morgan fingerprint density at radius 2 is 2.00 bits per heavy atom. The summed E-state index contributed by atoms with van der Waals surface area (Å²) in [5, 5.41) is 3.28. The Balaban J connectivity index is 2.88. The minimum atomic E-state index is 0.667. The lowest BCUT2D eigenvalue weighted by molar-refractivity contribution is 0.140. The van der Waals surface area contributed by atoms with Gasteiger partial charge in [0.05, 0.1) is 13.2 Å². The average Bonchev–Trinajstić information content (AvgIpc) is 2.15. The van der Waals surface area contributed by atoms with Crippen LogP contribution in [0.15, 0.2) is 12.2 Å². The molecule has 1 N–H and O–H groups in total. The number of hydrogen-bond acceptors (Lipinski definition) is 3. The van der Waals surface area contributed by atoms with E-state index in [1.54, 1.807) is 0 Å². The molecular formula is C11H23NO2. The molecule has 0 unspecified atom stereocenters. The standard InChI is InChI=1S/C11H23NO2/c1-4-13-8-5-6-12-7-9-14-10-11(2)3/h12H,2,4-10H2,1,3H3. The van der Waals surface area contributed by atoms with Gasteiger partial charge in [-0.3, -0.25) is 0 Å². The van der Waals surface area contributed by atoms with E-state index >= 15 is 0 Å². The second-order valence-corrected chi connectivity index (χ2v) is 3.31. The van der Waals surface area contributed by atoms with Gasteiger partial charge >= 0.3 is 0 Å². The molecule has 0 bridgehead atoms. The van der Waals surface area contributed by atoms with Gasteiger partial charge in [-0.05, 0) is 26.8 Å². The summed E-state index contributed by atoms with van der Waals surface area (Å²) in [6, 6.07) is 0. The smallest absolute Gasteiger partial charge is 0.0672 e. The maximum atomic E-state index is 5.33. The van der Waals surface area contributed by atoms with E-state index in [-0.39, 0.29) is 0 Å². The van der Waals surface area contributed by atoms with Gasteiger partial charge in [-0.1, -0.05) is 12.2 Å². The lowest BCUT2D eigenvalue weighted by atomic mass is 10.4. The van der Waals surface area contributed by atoms with Crippen molar-refractivity contribution in [1.29, 1.82) is 0 Å². The van der Waals surface area contributed by atoms with Crippen molar-refractivity contribution >= 4 is 0 Å². The van der Waals surface area contributed by atoms with Crippen molar-refractivity contribution in [2.24, 2.45) is 0 Å². The second-order valence-electron chi connectivity index (χ2n) is 3.31. The zero-order valence-electron chi connectivity index (χ0n) is 9.47. The van der Waals surface area contributed by atoms with Crippen LogP contribution >= 0.6 is 0 Å². The van der Waals surface area contributed by atoms with Gasteiger partial charge in [0.1, 0.15) is 0 Å². The zero-order valence-corrected chi connectivity index (χ0v) is 9.47. The summed E-state index contributed by atoms with van der Waals surface area (Å²) in [4.78, 5) is 0. The quantitative estimate of drug-likeness (QED) is 0.430. The van der Waals surface area contributed by atoms with Crippen LogP contribution in [0, 0.1) is 0 Å². The van der Waals surface area contributed by atoms with Gasteiger partial charge in [0, 0.05) is 19.8 Å². The van der Waals surface area contributed by atoms with Crippen molar-refractivity contribution < 1.29 is 9.47 Å². The Morgan fingerprint density at radius 1 is 1.21 bits per heavy atom. The highest BCUT2D eigenvalue weighted by atomic mass is 16.5. The zero-order chi connectivity index (χ0) is 10.6. The lowest BCUT2D eigenvalue weighted by Gasteiger charge is -2.05. The third-order valence-corrected chi connectivity index (χ3v) is 1.62. The van der Waals surface area contributed by atoms with E-state index in [1.165, 1.54) is 0 Å². The van der Waals surface area contributed by atoms with Crippen LogP contribution in [0.1, 0.15) is 20.3 Å². The van der Waals surface area contributed by atoms with Gasteiger partial charge in [-0.2, -0.15) is 0 Å². The molecule has 0 saturated heterocycles. The van der Waals surface area contributed by atoms with Crippen molar-refractivity contribution in [2.75, 3.05) is 39.5 Å². The molecule has 0 aliphatic heterocycles. The van der Waals surface area contributed by atoms with Gasteiger partial charge in [0.25, 0.3) is 0 Å². The minimum Gasteiger partial charge on any atom is -0.382 e. The normalized spacial score (nSPS) is 10.4. The van der Waals surface area contributed by atoms with Crippen molar-refractivity contribution in [3.05, 3.63) is 12.2 Å². The fraction of sp³-hybridized carbons (Fsp3) is 0.818. The Hall–Kier alpha value is -0.380. The third-order valence-electron chi connectivity index (χ3n) is 1.62. The van der Waals surface area contributed by atoms with Crippen LogP contribution in [0.4, 0.5) is 0 Å². The molecule has 3 heteroatoms. The highest BCUT2D eigenvalue weighted by Crippen LogP contribution is 1.86. The maximum Gasteiger partial charge on any atom is 0.0672 e. The number of rotatable bonds is 10. The molecule has 0 spiro atoms. The monoisotopic (exact) mass is 201 g/mol. The lowest BCUT2D eigenvalue weighted by Crippen LogP contribution is -2.22. The molecule has 84 valence electrons. The summed E-state index contributed by atoms with van der Waals surface area (Å²) < 4.78 is 10.5. The number of nitrogens with one attached hydrogen (secondary N) is 1. The summed E-state index contributed by atoms with van der Waals surface area (Å²) >= 11 is 0. The van der Waals surface area contributed by atoms with Crippen LogP contribution in [0.5, 0.6) is 0 Å². The van der Waals surface area contributed by atoms with E-state index in [4.69, 9.17) is 9.47 Å². The number of ether oxygens (including phenoxy) is 2. The Bertz CT molecular complexity index is 137. The van der Waals surface area contributed by atoms with E-state index in [0.717, 1.165) is 44.9 Å². The molecule has 0 heterocycles. The van der Waals surface area contributed by atoms with E-state index in [9.17, 15) is 0 Å². The van der Waals surface area contributed by atoms with Crippen molar-refractivity contribution in [3.8, 4) is 0 Å².